The van der Waals surface area contributed by atoms with E-state index in [1.165, 1.54) is 32.7 Å². The van der Waals surface area contributed by atoms with Gasteiger partial charge in [0.15, 0.2) is 0 Å². The van der Waals surface area contributed by atoms with Crippen molar-refractivity contribution in [1.82, 2.24) is 4.98 Å². The van der Waals surface area contributed by atoms with Crippen LogP contribution in [0.2, 0.25) is 0 Å². The first-order chi connectivity index (χ1) is 20.4. The number of rotatable bonds is 4. The van der Waals surface area contributed by atoms with Crippen molar-refractivity contribution in [2.24, 2.45) is 0 Å². The van der Waals surface area contributed by atoms with Gasteiger partial charge in [0.05, 0.1) is 0 Å². The van der Waals surface area contributed by atoms with Crippen LogP contribution in [0.15, 0.2) is 152 Å². The van der Waals surface area contributed by atoms with Gasteiger partial charge in [0.25, 0.3) is 0 Å². The van der Waals surface area contributed by atoms with Gasteiger partial charge in [0, 0.05) is 34.1 Å². The van der Waals surface area contributed by atoms with Crippen LogP contribution >= 0.6 is 0 Å². The van der Waals surface area contributed by atoms with Gasteiger partial charge in [0.2, 0.25) is 0 Å². The van der Waals surface area contributed by atoms with E-state index in [1.807, 2.05) is 24.5 Å². The van der Waals surface area contributed by atoms with Crippen molar-refractivity contribution in [1.29, 1.82) is 0 Å². The molecule has 8 aromatic rings. The number of benzene rings is 7. The second kappa shape index (κ2) is 9.62. The Morgan fingerprint density at radius 1 is 0.439 bits per heavy atom. The topological polar surface area (TPSA) is 22.1 Å². The monoisotopic (exact) mass is 523 g/mol. The summed E-state index contributed by atoms with van der Waals surface area (Å²) in [5.41, 5.74) is 4.56. The standard InChI is InChI=1S/C39H25NO/c1-2-12-26(13-3-1)29-16-10-11-21-37(29)41-39-33-20-9-8-19-32(33)38(36-25-40-23-22-34(36)39)35-24-27-14-4-5-15-28(27)30-17-6-7-18-31(30)35/h1-25H. The minimum atomic E-state index is 0.825. The van der Waals surface area contributed by atoms with Crippen LogP contribution in [-0.2, 0) is 0 Å². The zero-order chi connectivity index (χ0) is 27.2. The van der Waals surface area contributed by atoms with E-state index in [2.05, 4.69) is 132 Å². The summed E-state index contributed by atoms with van der Waals surface area (Å²) in [7, 11) is 0. The van der Waals surface area contributed by atoms with Gasteiger partial charge >= 0.3 is 0 Å². The third kappa shape index (κ3) is 3.84. The highest BCUT2D eigenvalue weighted by molar-refractivity contribution is 6.23. The minimum Gasteiger partial charge on any atom is -0.455 e. The smallest absolute Gasteiger partial charge is 0.143 e. The minimum absolute atomic E-state index is 0.825. The van der Waals surface area contributed by atoms with E-state index < -0.39 is 0 Å². The molecule has 0 unspecified atom stereocenters. The lowest BCUT2D eigenvalue weighted by Gasteiger charge is -2.20. The molecule has 0 radical (unpaired) electrons. The van der Waals surface area contributed by atoms with Crippen LogP contribution in [-0.4, -0.2) is 4.98 Å². The first-order valence-electron chi connectivity index (χ1n) is 13.9. The molecule has 192 valence electrons. The molecule has 1 heterocycles. The fourth-order valence-electron chi connectivity index (χ4n) is 6.16. The molecule has 0 aliphatic rings. The number of nitrogens with zero attached hydrogens (tertiary/aromatic N) is 1. The average Bonchev–Trinajstić information content (AvgIpc) is 3.05. The Hall–Kier alpha value is -5.47. The van der Waals surface area contributed by atoms with Crippen LogP contribution in [0.1, 0.15) is 0 Å². The number of pyridine rings is 1. The predicted octanol–water partition coefficient (Wildman–Crippen LogP) is 10.8. The summed E-state index contributed by atoms with van der Waals surface area (Å²) in [4.78, 5) is 4.61. The zero-order valence-corrected chi connectivity index (χ0v) is 22.3. The number of hydrogen-bond donors (Lipinski definition) is 0. The molecule has 7 aromatic carbocycles. The van der Waals surface area contributed by atoms with Crippen LogP contribution in [0.3, 0.4) is 0 Å². The maximum atomic E-state index is 6.91. The highest BCUT2D eigenvalue weighted by atomic mass is 16.5. The van der Waals surface area contributed by atoms with Gasteiger partial charge < -0.3 is 4.74 Å². The van der Waals surface area contributed by atoms with Crippen molar-refractivity contribution in [3.05, 3.63) is 152 Å². The molecular weight excluding hydrogens is 498 g/mol. The SMILES string of the molecule is c1ccc(-c2ccccc2Oc2c3ccccc3c(-c3cc4ccccc4c4ccccc34)c3cnccc23)cc1. The van der Waals surface area contributed by atoms with E-state index in [-0.39, 0.29) is 0 Å². The summed E-state index contributed by atoms with van der Waals surface area (Å²) in [6, 6.07) is 49.0. The van der Waals surface area contributed by atoms with E-state index in [0.717, 1.165) is 44.2 Å². The van der Waals surface area contributed by atoms with Gasteiger partial charge in [-0.3, -0.25) is 4.98 Å². The van der Waals surface area contributed by atoms with Gasteiger partial charge in [-0.05, 0) is 61.8 Å². The lowest BCUT2D eigenvalue weighted by Crippen LogP contribution is -1.95. The fourth-order valence-corrected chi connectivity index (χ4v) is 6.16. The van der Waals surface area contributed by atoms with E-state index in [9.17, 15) is 0 Å². The lowest BCUT2D eigenvalue weighted by atomic mass is 9.87. The molecule has 0 amide bonds. The lowest BCUT2D eigenvalue weighted by molar-refractivity contribution is 0.495. The third-order valence-electron chi connectivity index (χ3n) is 8.00. The summed E-state index contributed by atoms with van der Waals surface area (Å²) in [5, 5.41) is 9.27. The maximum absolute atomic E-state index is 6.91. The molecular formula is C39H25NO. The van der Waals surface area contributed by atoms with Gasteiger partial charge in [-0.25, -0.2) is 0 Å². The second-order valence-corrected chi connectivity index (χ2v) is 10.3. The molecule has 2 nitrogen and oxygen atoms in total. The largest absolute Gasteiger partial charge is 0.455 e. The Morgan fingerprint density at radius 2 is 1.07 bits per heavy atom. The fraction of sp³-hybridized carbons (Fsp3) is 0. The highest BCUT2D eigenvalue weighted by Gasteiger charge is 2.20. The van der Waals surface area contributed by atoms with E-state index in [1.54, 1.807) is 0 Å². The average molecular weight is 524 g/mol. The van der Waals surface area contributed by atoms with Gasteiger partial charge in [0.1, 0.15) is 11.5 Å². The van der Waals surface area contributed by atoms with Crippen LogP contribution in [0.25, 0.3) is 65.3 Å². The van der Waals surface area contributed by atoms with Gasteiger partial charge in [-0.1, -0.05) is 121 Å². The normalized spacial score (nSPS) is 11.4. The number of aromatic nitrogens is 1. The molecule has 1 aromatic heterocycles. The number of ether oxygens (including phenoxy) is 1. The van der Waals surface area contributed by atoms with E-state index in [0.29, 0.717) is 0 Å². The molecule has 2 heteroatoms. The van der Waals surface area contributed by atoms with E-state index >= 15 is 0 Å². The Kier molecular flexibility index (Phi) is 5.49. The Labute approximate surface area is 238 Å². The summed E-state index contributed by atoms with van der Waals surface area (Å²) in [5.74, 6) is 1.67. The summed E-state index contributed by atoms with van der Waals surface area (Å²) >= 11 is 0. The van der Waals surface area contributed by atoms with E-state index in [4.69, 9.17) is 4.74 Å². The molecule has 8 rings (SSSR count). The second-order valence-electron chi connectivity index (χ2n) is 10.3. The molecule has 0 aliphatic heterocycles. The number of hydrogen-bond acceptors (Lipinski definition) is 2. The van der Waals surface area contributed by atoms with Crippen LogP contribution in [0.4, 0.5) is 0 Å². The van der Waals surface area contributed by atoms with Crippen molar-refractivity contribution in [3.63, 3.8) is 0 Å². The first-order valence-corrected chi connectivity index (χ1v) is 13.9. The van der Waals surface area contributed by atoms with Crippen molar-refractivity contribution < 1.29 is 4.74 Å². The van der Waals surface area contributed by atoms with Crippen molar-refractivity contribution in [2.75, 3.05) is 0 Å². The number of fused-ring (bicyclic) bond motifs is 5. The molecule has 41 heavy (non-hydrogen) atoms. The molecule has 0 saturated carbocycles. The van der Waals surface area contributed by atoms with Crippen molar-refractivity contribution >= 4 is 43.1 Å². The quantitative estimate of drug-likeness (QED) is 0.169. The predicted molar refractivity (Wildman–Crippen MR) is 172 cm³/mol. The summed E-state index contributed by atoms with van der Waals surface area (Å²) in [6.45, 7) is 0. The Bertz CT molecular complexity index is 2180. The maximum Gasteiger partial charge on any atom is 0.143 e. The Morgan fingerprint density at radius 3 is 1.93 bits per heavy atom. The molecule has 0 N–H and O–H groups in total. The highest BCUT2D eigenvalue weighted by Crippen LogP contribution is 2.47. The zero-order valence-electron chi connectivity index (χ0n) is 22.3. The molecule has 0 saturated heterocycles. The summed E-state index contributed by atoms with van der Waals surface area (Å²) in [6.07, 6.45) is 3.84. The third-order valence-corrected chi connectivity index (χ3v) is 8.00. The Balaban J connectivity index is 1.45. The number of para-hydroxylation sites is 1. The molecule has 0 fully saturated rings. The molecule has 0 aliphatic carbocycles. The van der Waals surface area contributed by atoms with Gasteiger partial charge in [-0.15, -0.1) is 0 Å². The van der Waals surface area contributed by atoms with Crippen LogP contribution in [0, 0.1) is 0 Å². The molecule has 0 bridgehead atoms. The molecule has 0 spiro atoms. The van der Waals surface area contributed by atoms with Gasteiger partial charge in [-0.2, -0.15) is 0 Å². The van der Waals surface area contributed by atoms with Crippen molar-refractivity contribution in [2.45, 2.75) is 0 Å². The first kappa shape index (κ1) is 23.4. The molecule has 0 atom stereocenters. The van der Waals surface area contributed by atoms with Crippen molar-refractivity contribution in [3.8, 4) is 33.8 Å². The summed E-state index contributed by atoms with van der Waals surface area (Å²) < 4.78 is 6.91. The van der Waals surface area contributed by atoms with Crippen LogP contribution < -0.4 is 4.74 Å². The van der Waals surface area contributed by atoms with Crippen LogP contribution in [0.5, 0.6) is 11.5 Å².